The predicted octanol–water partition coefficient (Wildman–Crippen LogP) is 4.12. The topological polar surface area (TPSA) is 26.3 Å². The number of benzene rings is 2. The highest BCUT2D eigenvalue weighted by Gasteiger charge is 2.05. The summed E-state index contributed by atoms with van der Waals surface area (Å²) < 4.78 is 6.58. The maximum absolute atomic E-state index is 11.9. The van der Waals surface area contributed by atoms with E-state index in [2.05, 4.69) is 34.7 Å². The molecule has 0 fully saturated rings. The summed E-state index contributed by atoms with van der Waals surface area (Å²) in [7, 11) is 0. The zero-order valence-electron chi connectivity index (χ0n) is 11.2. The van der Waals surface area contributed by atoms with Crippen molar-refractivity contribution >= 4 is 28.4 Å². The summed E-state index contributed by atoms with van der Waals surface area (Å²) in [5, 5.41) is 0. The van der Waals surface area contributed by atoms with Gasteiger partial charge in [0.15, 0.2) is 5.78 Å². The van der Waals surface area contributed by atoms with Crippen LogP contribution in [0.25, 0.3) is 0 Å². The van der Waals surface area contributed by atoms with Crippen molar-refractivity contribution in [3.05, 3.63) is 69.3 Å². The summed E-state index contributed by atoms with van der Waals surface area (Å²) in [6.45, 7) is 0.778. The number of rotatable bonds is 7. The third kappa shape index (κ3) is 5.06. The molecule has 0 saturated carbocycles. The number of carbonyl (C=O) groups is 1. The standard InChI is InChI=1S/C17H17IO2/c18-16-10-8-15(9-11-16)17(19)13-20-12-4-7-14-5-2-1-3-6-14/h1-3,5-6,8-11H,4,7,12-13H2. The van der Waals surface area contributed by atoms with Crippen LogP contribution in [0.2, 0.25) is 0 Å². The van der Waals surface area contributed by atoms with Gasteiger partial charge in [0.2, 0.25) is 0 Å². The highest BCUT2D eigenvalue weighted by atomic mass is 127. The molecule has 0 N–H and O–H groups in total. The number of ketones is 1. The van der Waals surface area contributed by atoms with Gasteiger partial charge in [0, 0.05) is 15.7 Å². The second-order valence-corrected chi connectivity index (χ2v) is 5.82. The van der Waals surface area contributed by atoms with Crippen molar-refractivity contribution in [2.75, 3.05) is 13.2 Å². The zero-order valence-corrected chi connectivity index (χ0v) is 13.4. The molecule has 0 spiro atoms. The number of ether oxygens (including phenoxy) is 1. The van der Waals surface area contributed by atoms with Crippen LogP contribution in [0.3, 0.4) is 0 Å². The van der Waals surface area contributed by atoms with Gasteiger partial charge in [-0.05, 0) is 53.1 Å². The van der Waals surface area contributed by atoms with Crippen LogP contribution >= 0.6 is 22.6 Å². The summed E-state index contributed by atoms with van der Waals surface area (Å²) >= 11 is 2.22. The van der Waals surface area contributed by atoms with E-state index in [1.165, 1.54) is 5.56 Å². The maximum atomic E-state index is 11.9. The first kappa shape index (κ1) is 15.2. The lowest BCUT2D eigenvalue weighted by Gasteiger charge is -2.04. The third-order valence-electron chi connectivity index (χ3n) is 3.00. The van der Waals surface area contributed by atoms with Crippen molar-refractivity contribution in [3.63, 3.8) is 0 Å². The molecule has 2 aromatic rings. The fraction of sp³-hybridized carbons (Fsp3) is 0.235. The normalized spacial score (nSPS) is 10.4. The summed E-state index contributed by atoms with van der Waals surface area (Å²) in [5.41, 5.74) is 2.02. The smallest absolute Gasteiger partial charge is 0.188 e. The molecule has 2 aromatic carbocycles. The van der Waals surface area contributed by atoms with Crippen LogP contribution < -0.4 is 0 Å². The minimum Gasteiger partial charge on any atom is -0.373 e. The van der Waals surface area contributed by atoms with Crippen molar-refractivity contribution in [1.29, 1.82) is 0 Å². The first-order valence-corrected chi connectivity index (χ1v) is 7.74. The van der Waals surface area contributed by atoms with E-state index in [0.717, 1.165) is 16.4 Å². The van der Waals surface area contributed by atoms with Gasteiger partial charge in [-0.15, -0.1) is 0 Å². The molecule has 0 aromatic heterocycles. The van der Waals surface area contributed by atoms with Gasteiger partial charge in [-0.3, -0.25) is 4.79 Å². The number of hydrogen-bond acceptors (Lipinski definition) is 2. The second kappa shape index (κ2) is 8.17. The van der Waals surface area contributed by atoms with Crippen LogP contribution in [-0.4, -0.2) is 19.0 Å². The Morgan fingerprint density at radius 1 is 1.00 bits per heavy atom. The molecule has 2 nitrogen and oxygen atoms in total. The highest BCUT2D eigenvalue weighted by Crippen LogP contribution is 2.08. The maximum Gasteiger partial charge on any atom is 0.188 e. The van der Waals surface area contributed by atoms with Crippen molar-refractivity contribution in [2.45, 2.75) is 12.8 Å². The Morgan fingerprint density at radius 2 is 1.70 bits per heavy atom. The molecule has 0 atom stereocenters. The van der Waals surface area contributed by atoms with Crippen molar-refractivity contribution in [1.82, 2.24) is 0 Å². The molecular formula is C17H17IO2. The lowest BCUT2D eigenvalue weighted by molar-refractivity contribution is 0.0756. The van der Waals surface area contributed by atoms with E-state index in [9.17, 15) is 4.79 Å². The van der Waals surface area contributed by atoms with E-state index in [1.807, 2.05) is 42.5 Å². The molecule has 0 aliphatic heterocycles. The average molecular weight is 380 g/mol. The molecule has 104 valence electrons. The molecule has 0 radical (unpaired) electrons. The van der Waals surface area contributed by atoms with Gasteiger partial charge in [-0.25, -0.2) is 0 Å². The van der Waals surface area contributed by atoms with Crippen LogP contribution in [0.5, 0.6) is 0 Å². The highest BCUT2D eigenvalue weighted by molar-refractivity contribution is 14.1. The predicted molar refractivity (Wildman–Crippen MR) is 89.1 cm³/mol. The molecule has 3 heteroatoms. The van der Waals surface area contributed by atoms with Crippen molar-refractivity contribution in [2.24, 2.45) is 0 Å². The van der Waals surface area contributed by atoms with E-state index in [4.69, 9.17) is 4.74 Å². The first-order chi connectivity index (χ1) is 9.75. The summed E-state index contributed by atoms with van der Waals surface area (Å²) in [4.78, 5) is 11.9. The summed E-state index contributed by atoms with van der Waals surface area (Å²) in [5.74, 6) is 0.0427. The fourth-order valence-electron chi connectivity index (χ4n) is 1.91. The monoisotopic (exact) mass is 380 g/mol. The molecule has 2 rings (SSSR count). The van der Waals surface area contributed by atoms with Gasteiger partial charge >= 0.3 is 0 Å². The van der Waals surface area contributed by atoms with Gasteiger partial charge in [0.25, 0.3) is 0 Å². The van der Waals surface area contributed by atoms with E-state index in [1.54, 1.807) is 0 Å². The summed E-state index contributed by atoms with van der Waals surface area (Å²) in [6, 6.07) is 17.9. The lowest BCUT2D eigenvalue weighted by atomic mass is 10.1. The van der Waals surface area contributed by atoms with Crippen LogP contribution in [0.4, 0.5) is 0 Å². The molecule has 0 heterocycles. The largest absolute Gasteiger partial charge is 0.373 e. The Kier molecular flexibility index (Phi) is 6.21. The lowest BCUT2D eigenvalue weighted by Crippen LogP contribution is -2.10. The number of aryl methyl sites for hydroxylation is 1. The van der Waals surface area contributed by atoms with Gasteiger partial charge < -0.3 is 4.74 Å². The van der Waals surface area contributed by atoms with Gasteiger partial charge in [-0.2, -0.15) is 0 Å². The van der Waals surface area contributed by atoms with E-state index >= 15 is 0 Å². The Morgan fingerprint density at radius 3 is 2.40 bits per heavy atom. The molecule has 0 aliphatic carbocycles. The molecule has 0 amide bonds. The van der Waals surface area contributed by atoms with Crippen LogP contribution in [-0.2, 0) is 11.2 Å². The molecule has 0 bridgehead atoms. The van der Waals surface area contributed by atoms with Gasteiger partial charge in [-0.1, -0.05) is 42.5 Å². The number of halogens is 1. The quantitative estimate of drug-likeness (QED) is 0.410. The Balaban J connectivity index is 1.66. The number of hydrogen-bond donors (Lipinski definition) is 0. The third-order valence-corrected chi connectivity index (χ3v) is 3.72. The first-order valence-electron chi connectivity index (χ1n) is 6.66. The van der Waals surface area contributed by atoms with Crippen LogP contribution in [0, 0.1) is 3.57 Å². The number of Topliss-reactive ketones (excluding diaryl/α,β-unsaturated/α-hetero) is 1. The molecule has 0 saturated heterocycles. The Hall–Kier alpha value is -1.20. The van der Waals surface area contributed by atoms with Gasteiger partial charge in [0.1, 0.15) is 6.61 Å². The van der Waals surface area contributed by atoms with Crippen LogP contribution in [0.15, 0.2) is 54.6 Å². The Bertz CT molecular complexity index is 535. The SMILES string of the molecule is O=C(COCCCc1ccccc1)c1ccc(I)cc1. The Labute approximate surface area is 133 Å². The second-order valence-electron chi connectivity index (χ2n) is 4.57. The molecule has 0 unspecified atom stereocenters. The van der Waals surface area contributed by atoms with E-state index < -0.39 is 0 Å². The minimum atomic E-state index is 0.0427. The average Bonchev–Trinajstić information content (AvgIpc) is 2.48. The van der Waals surface area contributed by atoms with Crippen molar-refractivity contribution in [3.8, 4) is 0 Å². The zero-order chi connectivity index (χ0) is 14.2. The molecule has 0 aliphatic rings. The molecular weight excluding hydrogens is 363 g/mol. The van der Waals surface area contributed by atoms with Crippen LogP contribution in [0.1, 0.15) is 22.3 Å². The van der Waals surface area contributed by atoms with E-state index in [-0.39, 0.29) is 12.4 Å². The number of carbonyl (C=O) groups excluding carboxylic acids is 1. The summed E-state index contributed by atoms with van der Waals surface area (Å²) in [6.07, 6.45) is 1.92. The fourth-order valence-corrected chi connectivity index (χ4v) is 2.27. The van der Waals surface area contributed by atoms with Gasteiger partial charge in [0.05, 0.1) is 0 Å². The van der Waals surface area contributed by atoms with Crippen molar-refractivity contribution < 1.29 is 9.53 Å². The minimum absolute atomic E-state index is 0.0427. The van der Waals surface area contributed by atoms with E-state index in [0.29, 0.717) is 12.2 Å². The molecule has 20 heavy (non-hydrogen) atoms.